The quantitative estimate of drug-likeness (QED) is 0.567. The van der Waals surface area contributed by atoms with E-state index in [1.54, 1.807) is 12.4 Å². The van der Waals surface area contributed by atoms with Gasteiger partial charge in [-0.05, 0) is 49.0 Å². The van der Waals surface area contributed by atoms with Crippen molar-refractivity contribution in [2.45, 2.75) is 26.7 Å². The van der Waals surface area contributed by atoms with E-state index in [-0.39, 0.29) is 12.3 Å². The summed E-state index contributed by atoms with van der Waals surface area (Å²) in [5, 5.41) is 5.23. The zero-order valence-corrected chi connectivity index (χ0v) is 15.6. The summed E-state index contributed by atoms with van der Waals surface area (Å²) in [4.78, 5) is 20.1. The van der Waals surface area contributed by atoms with Crippen LogP contribution < -0.4 is 5.32 Å². The fourth-order valence-electron chi connectivity index (χ4n) is 3.40. The number of hydrogen-bond acceptors (Lipinski definition) is 4. The van der Waals surface area contributed by atoms with Crippen molar-refractivity contribution in [2.75, 3.05) is 6.54 Å². The lowest BCUT2D eigenvalue weighted by Crippen LogP contribution is -2.27. The number of benzene rings is 1. The summed E-state index contributed by atoms with van der Waals surface area (Å²) < 4.78 is 5.24. The number of aromatic amines is 1. The molecule has 0 atom stereocenters. The number of para-hydroxylation sites is 1. The van der Waals surface area contributed by atoms with Gasteiger partial charge >= 0.3 is 0 Å². The molecule has 1 aromatic carbocycles. The molecule has 0 aliphatic heterocycles. The molecule has 1 amide bonds. The molecule has 4 aromatic rings. The van der Waals surface area contributed by atoms with Crippen LogP contribution in [0.2, 0.25) is 0 Å². The third-order valence-electron chi connectivity index (χ3n) is 4.75. The summed E-state index contributed by atoms with van der Waals surface area (Å²) in [7, 11) is 0. The number of nitrogens with one attached hydrogen (secondary N) is 2. The molecule has 0 aliphatic carbocycles. The average molecular weight is 364 g/mol. The standard InChI is InChI=1S/C20H20N4OS/c1-12-4-3-5-15-14(13(2)24-20(12)15)6-8-22-19(25)10-17-16-11-23-26-18(16)7-9-21-17/h3-5,7,9,11,24H,6,8,10H2,1-2H3,(H,22,25). The third kappa shape index (κ3) is 3.08. The van der Waals surface area contributed by atoms with Crippen LogP contribution in [0.3, 0.4) is 0 Å². The molecular formula is C20H20N4OS. The molecule has 0 unspecified atom stereocenters. The van der Waals surface area contributed by atoms with E-state index in [1.807, 2.05) is 6.07 Å². The van der Waals surface area contributed by atoms with Gasteiger partial charge in [0.05, 0.1) is 23.0 Å². The fraction of sp³-hybridized carbons (Fsp3) is 0.250. The molecule has 0 saturated carbocycles. The van der Waals surface area contributed by atoms with Crippen molar-refractivity contribution in [2.24, 2.45) is 0 Å². The maximum atomic E-state index is 12.3. The minimum atomic E-state index is -0.00938. The minimum Gasteiger partial charge on any atom is -0.358 e. The van der Waals surface area contributed by atoms with Gasteiger partial charge in [-0.3, -0.25) is 9.78 Å². The molecule has 5 nitrogen and oxygen atoms in total. The molecule has 0 fully saturated rings. The highest BCUT2D eigenvalue weighted by atomic mass is 32.1. The van der Waals surface area contributed by atoms with Gasteiger partial charge in [0.15, 0.2) is 0 Å². The number of aryl methyl sites for hydroxylation is 2. The van der Waals surface area contributed by atoms with E-state index in [0.29, 0.717) is 6.54 Å². The smallest absolute Gasteiger partial charge is 0.226 e. The number of rotatable bonds is 5. The Labute approximate surface area is 155 Å². The van der Waals surface area contributed by atoms with Crippen molar-refractivity contribution in [3.8, 4) is 0 Å². The van der Waals surface area contributed by atoms with Crippen LogP contribution in [0.4, 0.5) is 0 Å². The number of pyridine rings is 1. The van der Waals surface area contributed by atoms with Gasteiger partial charge < -0.3 is 10.3 Å². The van der Waals surface area contributed by atoms with Crippen molar-refractivity contribution in [1.29, 1.82) is 0 Å². The first kappa shape index (κ1) is 16.7. The van der Waals surface area contributed by atoms with Gasteiger partial charge in [0.25, 0.3) is 0 Å². The first-order chi connectivity index (χ1) is 12.6. The summed E-state index contributed by atoms with van der Waals surface area (Å²) in [5.74, 6) is -0.00938. The maximum Gasteiger partial charge on any atom is 0.226 e. The molecule has 4 rings (SSSR count). The second-order valence-corrected chi connectivity index (χ2v) is 7.33. The largest absolute Gasteiger partial charge is 0.358 e. The molecule has 0 radical (unpaired) electrons. The molecule has 2 N–H and O–H groups in total. The van der Waals surface area contributed by atoms with Gasteiger partial charge in [-0.15, -0.1) is 0 Å². The predicted molar refractivity (Wildman–Crippen MR) is 106 cm³/mol. The van der Waals surface area contributed by atoms with Crippen LogP contribution in [0.5, 0.6) is 0 Å². The Morgan fingerprint density at radius 1 is 1.23 bits per heavy atom. The van der Waals surface area contributed by atoms with Gasteiger partial charge in [-0.1, -0.05) is 18.2 Å². The van der Waals surface area contributed by atoms with E-state index in [0.717, 1.165) is 22.2 Å². The summed E-state index contributed by atoms with van der Waals surface area (Å²) in [6, 6.07) is 8.25. The molecule has 0 aliphatic rings. The van der Waals surface area contributed by atoms with E-state index in [1.165, 1.54) is 39.3 Å². The average Bonchev–Trinajstić information content (AvgIpc) is 3.22. The van der Waals surface area contributed by atoms with Gasteiger partial charge in [0, 0.05) is 34.7 Å². The summed E-state index contributed by atoms with van der Waals surface area (Å²) in [5.41, 5.74) is 5.65. The van der Waals surface area contributed by atoms with Gasteiger partial charge in [-0.2, -0.15) is 4.37 Å². The van der Waals surface area contributed by atoms with Crippen LogP contribution in [-0.4, -0.2) is 26.8 Å². The second-order valence-electron chi connectivity index (χ2n) is 6.50. The molecule has 0 saturated heterocycles. The van der Waals surface area contributed by atoms with Crippen LogP contribution in [0.15, 0.2) is 36.7 Å². The SMILES string of the molecule is Cc1[nH]c2c(C)cccc2c1CCNC(=O)Cc1nccc2sncc12. The Kier molecular flexibility index (Phi) is 4.42. The summed E-state index contributed by atoms with van der Waals surface area (Å²) in [6.07, 6.45) is 4.61. The number of H-pyrrole nitrogens is 1. The number of amides is 1. The molecule has 132 valence electrons. The monoisotopic (exact) mass is 364 g/mol. The molecule has 26 heavy (non-hydrogen) atoms. The summed E-state index contributed by atoms with van der Waals surface area (Å²) >= 11 is 1.42. The second kappa shape index (κ2) is 6.88. The Balaban J connectivity index is 1.42. The molecule has 6 heteroatoms. The molecule has 3 aromatic heterocycles. The van der Waals surface area contributed by atoms with Crippen molar-refractivity contribution in [1.82, 2.24) is 19.7 Å². The van der Waals surface area contributed by atoms with Crippen molar-refractivity contribution in [3.63, 3.8) is 0 Å². The predicted octanol–water partition coefficient (Wildman–Crippen LogP) is 3.69. The highest BCUT2D eigenvalue weighted by Crippen LogP contribution is 2.25. The number of carbonyl (C=O) groups is 1. The summed E-state index contributed by atoms with van der Waals surface area (Å²) in [6.45, 7) is 4.81. The highest BCUT2D eigenvalue weighted by molar-refractivity contribution is 7.13. The highest BCUT2D eigenvalue weighted by Gasteiger charge is 2.12. The lowest BCUT2D eigenvalue weighted by molar-refractivity contribution is -0.120. The van der Waals surface area contributed by atoms with Gasteiger partial charge in [-0.25, -0.2) is 0 Å². The molecule has 0 spiro atoms. The molecule has 0 bridgehead atoms. The van der Waals surface area contributed by atoms with Crippen LogP contribution in [0, 0.1) is 13.8 Å². The third-order valence-corrected chi connectivity index (χ3v) is 5.52. The Morgan fingerprint density at radius 3 is 3.00 bits per heavy atom. The van der Waals surface area contributed by atoms with E-state index >= 15 is 0 Å². The van der Waals surface area contributed by atoms with E-state index in [9.17, 15) is 4.79 Å². The first-order valence-corrected chi connectivity index (χ1v) is 9.42. The van der Waals surface area contributed by atoms with Gasteiger partial charge in [0.2, 0.25) is 5.91 Å². The number of hydrogen-bond donors (Lipinski definition) is 2. The number of aromatic nitrogens is 3. The topological polar surface area (TPSA) is 70.7 Å². The van der Waals surface area contributed by atoms with Crippen LogP contribution in [0.25, 0.3) is 21.0 Å². The lowest BCUT2D eigenvalue weighted by Gasteiger charge is -2.06. The van der Waals surface area contributed by atoms with E-state index in [4.69, 9.17) is 0 Å². The minimum absolute atomic E-state index is 0.00938. The maximum absolute atomic E-state index is 12.3. The zero-order valence-electron chi connectivity index (χ0n) is 14.8. The molecular weight excluding hydrogens is 344 g/mol. The van der Waals surface area contributed by atoms with Crippen LogP contribution in [-0.2, 0) is 17.6 Å². The van der Waals surface area contributed by atoms with E-state index in [2.05, 4.69) is 51.7 Å². The number of carbonyl (C=O) groups excluding carboxylic acids is 1. The Bertz CT molecular complexity index is 1100. The van der Waals surface area contributed by atoms with Crippen LogP contribution in [0.1, 0.15) is 22.5 Å². The Morgan fingerprint density at radius 2 is 2.12 bits per heavy atom. The first-order valence-electron chi connectivity index (χ1n) is 8.65. The molecule has 3 heterocycles. The van der Waals surface area contributed by atoms with Crippen LogP contribution >= 0.6 is 11.5 Å². The Hall–Kier alpha value is -2.73. The normalized spacial score (nSPS) is 11.3. The number of nitrogens with zero attached hydrogens (tertiary/aromatic N) is 2. The fourth-order valence-corrected chi connectivity index (χ4v) is 4.07. The van der Waals surface area contributed by atoms with Crippen molar-refractivity contribution < 1.29 is 4.79 Å². The van der Waals surface area contributed by atoms with E-state index < -0.39 is 0 Å². The lowest BCUT2D eigenvalue weighted by atomic mass is 10.1. The number of fused-ring (bicyclic) bond motifs is 2. The van der Waals surface area contributed by atoms with Crippen molar-refractivity contribution in [3.05, 3.63) is 59.2 Å². The van der Waals surface area contributed by atoms with Crippen molar-refractivity contribution >= 4 is 38.4 Å². The zero-order chi connectivity index (χ0) is 18.1. The van der Waals surface area contributed by atoms with Gasteiger partial charge in [0.1, 0.15) is 0 Å².